The minimum absolute atomic E-state index is 0. The van der Waals surface area contributed by atoms with Crippen LogP contribution in [0.2, 0.25) is 0 Å². The van der Waals surface area contributed by atoms with Gasteiger partial charge in [-0.25, -0.2) is 0 Å². The van der Waals surface area contributed by atoms with Gasteiger partial charge in [0.15, 0.2) is 0 Å². The zero-order valence-electron chi connectivity index (χ0n) is 7.55. The van der Waals surface area contributed by atoms with Gasteiger partial charge in [-0.1, -0.05) is 18.2 Å². The van der Waals surface area contributed by atoms with E-state index in [0.717, 1.165) is 16.9 Å². The van der Waals surface area contributed by atoms with Crippen LogP contribution >= 0.6 is 12.4 Å². The van der Waals surface area contributed by atoms with Crippen molar-refractivity contribution >= 4 is 18.1 Å². The standard InChI is InChI=1S/C11H10N2.ClH/c12-10-6-4-9(5-7-10)11-3-1-2-8-13-11;/h1-8H,12H2;1H. The largest absolute Gasteiger partial charge is 0.399 e. The molecule has 0 radical (unpaired) electrons. The quantitative estimate of drug-likeness (QED) is 0.729. The second-order valence-corrected chi connectivity index (χ2v) is 2.84. The van der Waals surface area contributed by atoms with Gasteiger partial charge in [-0.05, 0) is 24.3 Å². The number of pyridine rings is 1. The Bertz CT molecular complexity index is 384. The normalized spacial score (nSPS) is 9.14. The molecule has 14 heavy (non-hydrogen) atoms. The highest BCUT2D eigenvalue weighted by molar-refractivity contribution is 5.85. The number of benzene rings is 1. The number of aromatic nitrogens is 1. The molecule has 0 atom stereocenters. The lowest BCUT2D eigenvalue weighted by Crippen LogP contribution is -1.85. The second-order valence-electron chi connectivity index (χ2n) is 2.84. The molecule has 0 unspecified atom stereocenters. The molecule has 2 N–H and O–H groups in total. The number of nitrogens with two attached hydrogens (primary N) is 1. The van der Waals surface area contributed by atoms with Crippen molar-refractivity contribution in [1.82, 2.24) is 4.98 Å². The van der Waals surface area contributed by atoms with Crippen LogP contribution in [0.3, 0.4) is 0 Å². The molecule has 1 heterocycles. The van der Waals surface area contributed by atoms with Crippen LogP contribution in [-0.4, -0.2) is 4.98 Å². The molecule has 1 aromatic heterocycles. The number of hydrogen-bond donors (Lipinski definition) is 1. The van der Waals surface area contributed by atoms with E-state index in [0.29, 0.717) is 0 Å². The van der Waals surface area contributed by atoms with Crippen LogP contribution in [0.1, 0.15) is 0 Å². The van der Waals surface area contributed by atoms with Crippen LogP contribution in [-0.2, 0) is 0 Å². The van der Waals surface area contributed by atoms with E-state index in [9.17, 15) is 0 Å². The zero-order valence-corrected chi connectivity index (χ0v) is 8.37. The smallest absolute Gasteiger partial charge is 0.0701 e. The van der Waals surface area contributed by atoms with Crippen LogP contribution in [0.15, 0.2) is 48.7 Å². The van der Waals surface area contributed by atoms with Crippen molar-refractivity contribution in [3.63, 3.8) is 0 Å². The predicted octanol–water partition coefficient (Wildman–Crippen LogP) is 2.75. The summed E-state index contributed by atoms with van der Waals surface area (Å²) in [6, 6.07) is 13.5. The summed E-state index contributed by atoms with van der Waals surface area (Å²) < 4.78 is 0. The minimum Gasteiger partial charge on any atom is -0.399 e. The molecule has 0 bridgehead atoms. The molecule has 0 saturated heterocycles. The first kappa shape index (κ1) is 10.5. The topological polar surface area (TPSA) is 38.9 Å². The Hall–Kier alpha value is -1.54. The van der Waals surface area contributed by atoms with Crippen molar-refractivity contribution in [2.75, 3.05) is 5.73 Å². The Labute approximate surface area is 89.2 Å². The first-order chi connectivity index (χ1) is 6.36. The summed E-state index contributed by atoms with van der Waals surface area (Å²) in [7, 11) is 0. The maximum absolute atomic E-state index is 5.58. The Morgan fingerprint density at radius 3 is 2.21 bits per heavy atom. The van der Waals surface area contributed by atoms with Crippen molar-refractivity contribution in [3.05, 3.63) is 48.7 Å². The van der Waals surface area contributed by atoms with Crippen molar-refractivity contribution in [2.24, 2.45) is 0 Å². The van der Waals surface area contributed by atoms with E-state index in [2.05, 4.69) is 4.98 Å². The Balaban J connectivity index is 0.000000980. The first-order valence-corrected chi connectivity index (χ1v) is 4.13. The van der Waals surface area contributed by atoms with Crippen LogP contribution < -0.4 is 5.73 Å². The van der Waals surface area contributed by atoms with Gasteiger partial charge in [0, 0.05) is 17.4 Å². The van der Waals surface area contributed by atoms with Crippen LogP contribution in [0, 0.1) is 0 Å². The average molecular weight is 207 g/mol. The van der Waals surface area contributed by atoms with Crippen LogP contribution in [0.25, 0.3) is 11.3 Å². The Morgan fingerprint density at radius 2 is 1.64 bits per heavy atom. The highest BCUT2D eigenvalue weighted by Crippen LogP contribution is 2.17. The van der Waals surface area contributed by atoms with E-state index in [1.54, 1.807) is 6.20 Å². The molecule has 0 fully saturated rings. The summed E-state index contributed by atoms with van der Waals surface area (Å²) in [6.45, 7) is 0. The van der Waals surface area contributed by atoms with Crippen LogP contribution in [0.5, 0.6) is 0 Å². The maximum atomic E-state index is 5.58. The lowest BCUT2D eigenvalue weighted by atomic mass is 10.1. The molecule has 0 amide bonds. The van der Waals surface area contributed by atoms with E-state index in [1.807, 2.05) is 42.5 Å². The number of hydrogen-bond acceptors (Lipinski definition) is 2. The van der Waals surface area contributed by atoms with Crippen molar-refractivity contribution in [3.8, 4) is 11.3 Å². The van der Waals surface area contributed by atoms with Gasteiger partial charge in [-0.3, -0.25) is 4.98 Å². The summed E-state index contributed by atoms with van der Waals surface area (Å²) >= 11 is 0. The highest BCUT2D eigenvalue weighted by atomic mass is 35.5. The molecule has 0 aliphatic carbocycles. The summed E-state index contributed by atoms with van der Waals surface area (Å²) in [5.74, 6) is 0. The summed E-state index contributed by atoms with van der Waals surface area (Å²) in [4.78, 5) is 4.24. The molecule has 0 aliphatic heterocycles. The fourth-order valence-electron chi connectivity index (χ4n) is 1.19. The SMILES string of the molecule is Cl.Nc1ccc(-c2ccccn2)cc1. The van der Waals surface area contributed by atoms with Gasteiger partial charge >= 0.3 is 0 Å². The number of nitrogens with zero attached hydrogens (tertiary/aromatic N) is 1. The van der Waals surface area contributed by atoms with E-state index in [-0.39, 0.29) is 12.4 Å². The number of nitrogen functional groups attached to an aromatic ring is 1. The predicted molar refractivity (Wildman–Crippen MR) is 61.3 cm³/mol. The van der Waals surface area contributed by atoms with Gasteiger partial charge in [0.2, 0.25) is 0 Å². The van der Waals surface area contributed by atoms with Crippen LogP contribution in [0.4, 0.5) is 5.69 Å². The number of rotatable bonds is 1. The molecule has 2 rings (SSSR count). The van der Waals surface area contributed by atoms with Gasteiger partial charge < -0.3 is 5.73 Å². The van der Waals surface area contributed by atoms with Gasteiger partial charge in [-0.2, -0.15) is 0 Å². The first-order valence-electron chi connectivity index (χ1n) is 4.13. The third-order valence-corrected chi connectivity index (χ3v) is 1.87. The maximum Gasteiger partial charge on any atom is 0.0701 e. The van der Waals surface area contributed by atoms with E-state index >= 15 is 0 Å². The molecule has 3 heteroatoms. The van der Waals surface area contributed by atoms with Gasteiger partial charge in [0.1, 0.15) is 0 Å². The summed E-state index contributed by atoms with van der Waals surface area (Å²) in [6.07, 6.45) is 1.78. The van der Waals surface area contributed by atoms with E-state index < -0.39 is 0 Å². The fraction of sp³-hybridized carbons (Fsp3) is 0. The Kier molecular flexibility index (Phi) is 3.48. The zero-order chi connectivity index (χ0) is 9.10. The molecule has 0 aliphatic rings. The molecular formula is C11H11ClN2. The molecule has 72 valence electrons. The van der Waals surface area contributed by atoms with Gasteiger partial charge in [0.05, 0.1) is 5.69 Å². The molecule has 1 aromatic carbocycles. The third-order valence-electron chi connectivity index (χ3n) is 1.87. The van der Waals surface area contributed by atoms with E-state index in [4.69, 9.17) is 5.73 Å². The molecule has 0 saturated carbocycles. The second kappa shape index (κ2) is 4.63. The van der Waals surface area contributed by atoms with Crippen molar-refractivity contribution < 1.29 is 0 Å². The molecular weight excluding hydrogens is 196 g/mol. The van der Waals surface area contributed by atoms with Gasteiger partial charge in [-0.15, -0.1) is 12.4 Å². The lowest BCUT2D eigenvalue weighted by molar-refractivity contribution is 1.33. The number of halogens is 1. The molecule has 2 nitrogen and oxygen atoms in total. The van der Waals surface area contributed by atoms with Crippen molar-refractivity contribution in [2.45, 2.75) is 0 Å². The summed E-state index contributed by atoms with van der Waals surface area (Å²) in [5, 5.41) is 0. The number of anilines is 1. The summed E-state index contributed by atoms with van der Waals surface area (Å²) in [5.41, 5.74) is 8.43. The average Bonchev–Trinajstić information content (AvgIpc) is 2.20. The van der Waals surface area contributed by atoms with Gasteiger partial charge in [0.25, 0.3) is 0 Å². The third kappa shape index (κ3) is 2.24. The molecule has 0 spiro atoms. The highest BCUT2D eigenvalue weighted by Gasteiger charge is 1.95. The Morgan fingerprint density at radius 1 is 0.929 bits per heavy atom. The molecule has 2 aromatic rings. The van der Waals surface area contributed by atoms with E-state index in [1.165, 1.54) is 0 Å². The monoisotopic (exact) mass is 206 g/mol. The minimum atomic E-state index is 0. The fourth-order valence-corrected chi connectivity index (χ4v) is 1.19. The van der Waals surface area contributed by atoms with Crippen molar-refractivity contribution in [1.29, 1.82) is 0 Å². The lowest BCUT2D eigenvalue weighted by Gasteiger charge is -1.99.